The number of rotatable bonds is 2. The fourth-order valence-electron chi connectivity index (χ4n) is 1.21. The molecule has 0 heterocycles. The van der Waals surface area contributed by atoms with E-state index in [0.717, 1.165) is 0 Å². The van der Waals surface area contributed by atoms with E-state index in [0.29, 0.717) is 0 Å². The van der Waals surface area contributed by atoms with Crippen LogP contribution in [0.5, 0.6) is 0 Å². The first-order valence-corrected chi connectivity index (χ1v) is 4.02. The molecule has 0 unspecified atom stereocenters. The van der Waals surface area contributed by atoms with Crippen LogP contribution in [0.1, 0.15) is 19.8 Å². The number of halogens is 2. The molecule has 0 bridgehead atoms. The Bertz CT molecular complexity index is 251. The van der Waals surface area contributed by atoms with Crippen molar-refractivity contribution in [2.24, 2.45) is 5.92 Å². The van der Waals surface area contributed by atoms with Crippen LogP contribution in [0.15, 0.2) is 0 Å². The highest BCUT2D eigenvalue weighted by molar-refractivity contribution is 5.80. The number of alkyl halides is 2. The van der Waals surface area contributed by atoms with Crippen LogP contribution in [0.25, 0.3) is 0 Å². The quantitative estimate of drug-likeness (QED) is 0.704. The summed E-state index contributed by atoms with van der Waals surface area (Å²) in [5.41, 5.74) is 0. The Kier molecular flexibility index (Phi) is 2.50. The van der Waals surface area contributed by atoms with E-state index >= 15 is 0 Å². The minimum Gasteiger partial charge on any atom is -0.340 e. The number of carbonyl (C=O) groups is 1. The highest BCUT2D eigenvalue weighted by atomic mass is 19.3. The molecule has 0 aliphatic heterocycles. The highest BCUT2D eigenvalue weighted by Gasteiger charge is 2.48. The van der Waals surface area contributed by atoms with Gasteiger partial charge in [-0.25, -0.2) is 8.78 Å². The highest BCUT2D eigenvalue weighted by Crippen LogP contribution is 2.42. The van der Waals surface area contributed by atoms with Gasteiger partial charge in [0.1, 0.15) is 6.04 Å². The number of amides is 1. The van der Waals surface area contributed by atoms with Crippen molar-refractivity contribution in [2.45, 2.75) is 31.7 Å². The van der Waals surface area contributed by atoms with Crippen molar-refractivity contribution in [2.75, 3.05) is 0 Å². The summed E-state index contributed by atoms with van der Waals surface area (Å²) in [7, 11) is 0. The van der Waals surface area contributed by atoms with Crippen LogP contribution >= 0.6 is 0 Å². The number of nitrogens with one attached hydrogen (secondary N) is 1. The second kappa shape index (κ2) is 3.29. The van der Waals surface area contributed by atoms with E-state index in [4.69, 9.17) is 5.26 Å². The van der Waals surface area contributed by atoms with E-state index in [1.807, 2.05) is 0 Å². The van der Waals surface area contributed by atoms with Crippen LogP contribution in [-0.4, -0.2) is 17.9 Å². The minimum atomic E-state index is -2.68. The topological polar surface area (TPSA) is 52.9 Å². The summed E-state index contributed by atoms with van der Waals surface area (Å²) in [4.78, 5) is 11.1. The van der Waals surface area contributed by atoms with Crippen LogP contribution in [0, 0.1) is 17.2 Å². The summed E-state index contributed by atoms with van der Waals surface area (Å²) in [6.45, 7) is 1.51. The molecule has 1 amide bonds. The molecule has 1 atom stereocenters. The zero-order chi connectivity index (χ0) is 10.1. The molecule has 3 nitrogen and oxygen atoms in total. The molecule has 0 aromatic heterocycles. The third-order valence-electron chi connectivity index (χ3n) is 2.01. The number of nitrogens with zero attached hydrogens (tertiary/aromatic N) is 1. The first kappa shape index (κ1) is 9.90. The first-order chi connectivity index (χ1) is 5.94. The van der Waals surface area contributed by atoms with E-state index in [2.05, 4.69) is 5.32 Å². The molecule has 0 spiro atoms. The molecule has 1 aliphatic carbocycles. The Hall–Kier alpha value is -1.18. The van der Waals surface area contributed by atoms with Crippen molar-refractivity contribution in [1.29, 1.82) is 5.26 Å². The SMILES string of the molecule is C[C@@H](C#N)NC(=O)C1CC(F)(F)C1. The molecule has 13 heavy (non-hydrogen) atoms. The van der Waals surface area contributed by atoms with Gasteiger partial charge in [0, 0.05) is 18.8 Å². The molecule has 1 saturated carbocycles. The second-order valence-corrected chi connectivity index (χ2v) is 3.32. The Morgan fingerprint density at radius 1 is 1.69 bits per heavy atom. The van der Waals surface area contributed by atoms with E-state index in [-0.39, 0.29) is 0 Å². The third-order valence-corrected chi connectivity index (χ3v) is 2.01. The van der Waals surface area contributed by atoms with Gasteiger partial charge in [-0.2, -0.15) is 5.26 Å². The molecular formula is C8H10F2N2O. The molecule has 72 valence electrons. The number of hydrogen-bond acceptors (Lipinski definition) is 2. The van der Waals surface area contributed by atoms with Gasteiger partial charge in [0.25, 0.3) is 0 Å². The summed E-state index contributed by atoms with van der Waals surface area (Å²) in [5.74, 6) is -3.75. The van der Waals surface area contributed by atoms with Gasteiger partial charge in [-0.05, 0) is 6.92 Å². The van der Waals surface area contributed by atoms with Gasteiger partial charge >= 0.3 is 0 Å². The summed E-state index contributed by atoms with van der Waals surface area (Å²) in [6, 6.07) is 1.19. The predicted molar refractivity (Wildman–Crippen MR) is 40.9 cm³/mol. The zero-order valence-corrected chi connectivity index (χ0v) is 7.18. The maximum atomic E-state index is 12.3. The van der Waals surface area contributed by atoms with Gasteiger partial charge in [-0.3, -0.25) is 4.79 Å². The van der Waals surface area contributed by atoms with Gasteiger partial charge in [0.2, 0.25) is 11.8 Å². The average molecular weight is 188 g/mol. The van der Waals surface area contributed by atoms with Gasteiger partial charge in [-0.15, -0.1) is 0 Å². The number of hydrogen-bond donors (Lipinski definition) is 1. The summed E-state index contributed by atoms with van der Waals surface area (Å²) < 4.78 is 24.6. The lowest BCUT2D eigenvalue weighted by molar-refractivity contribution is -0.150. The van der Waals surface area contributed by atoms with Gasteiger partial charge < -0.3 is 5.32 Å². The largest absolute Gasteiger partial charge is 0.340 e. The lowest BCUT2D eigenvalue weighted by Gasteiger charge is -2.33. The average Bonchev–Trinajstić information content (AvgIpc) is 1.99. The standard InChI is InChI=1S/C8H10F2N2O/c1-5(4-11)12-7(13)6-2-8(9,10)3-6/h5-6H,2-3H2,1H3,(H,12,13)/t5-/m0/s1. The minimum absolute atomic E-state index is 0.392. The van der Waals surface area contributed by atoms with Crippen molar-refractivity contribution in [3.05, 3.63) is 0 Å². The fraction of sp³-hybridized carbons (Fsp3) is 0.750. The monoisotopic (exact) mass is 188 g/mol. The van der Waals surface area contributed by atoms with Crippen molar-refractivity contribution in [3.8, 4) is 6.07 Å². The number of nitriles is 1. The Morgan fingerprint density at radius 2 is 2.23 bits per heavy atom. The second-order valence-electron chi connectivity index (χ2n) is 3.32. The zero-order valence-electron chi connectivity index (χ0n) is 7.18. The lowest BCUT2D eigenvalue weighted by atomic mass is 9.80. The Balaban J connectivity index is 2.32. The van der Waals surface area contributed by atoms with Crippen LogP contribution in [-0.2, 0) is 4.79 Å². The normalized spacial score (nSPS) is 22.6. The molecule has 1 rings (SSSR count). The van der Waals surface area contributed by atoms with Crippen LogP contribution < -0.4 is 5.32 Å². The maximum Gasteiger partial charge on any atom is 0.249 e. The Labute approximate surface area is 74.7 Å². The van der Waals surface area contributed by atoms with Crippen molar-refractivity contribution >= 4 is 5.91 Å². The Morgan fingerprint density at radius 3 is 2.62 bits per heavy atom. The summed E-state index contributed by atoms with van der Waals surface area (Å²) in [6.07, 6.45) is -0.784. The predicted octanol–water partition coefficient (Wildman–Crippen LogP) is 1.06. The van der Waals surface area contributed by atoms with Crippen LogP contribution in [0.2, 0.25) is 0 Å². The molecule has 0 radical (unpaired) electrons. The van der Waals surface area contributed by atoms with E-state index in [1.165, 1.54) is 6.92 Å². The van der Waals surface area contributed by atoms with Crippen molar-refractivity contribution < 1.29 is 13.6 Å². The molecule has 1 fully saturated rings. The van der Waals surface area contributed by atoms with E-state index in [9.17, 15) is 13.6 Å². The molecule has 1 aliphatic rings. The fourth-order valence-corrected chi connectivity index (χ4v) is 1.21. The molecule has 0 aromatic carbocycles. The lowest BCUT2D eigenvalue weighted by Crippen LogP contribution is -2.46. The van der Waals surface area contributed by atoms with Gasteiger partial charge in [0.15, 0.2) is 0 Å². The van der Waals surface area contributed by atoms with Crippen molar-refractivity contribution in [1.82, 2.24) is 5.32 Å². The maximum absolute atomic E-state index is 12.3. The molecule has 1 N–H and O–H groups in total. The third kappa shape index (κ3) is 2.38. The molecular weight excluding hydrogens is 178 g/mol. The first-order valence-electron chi connectivity index (χ1n) is 4.02. The molecule has 0 aromatic rings. The summed E-state index contributed by atoms with van der Waals surface area (Å²) >= 11 is 0. The van der Waals surface area contributed by atoms with Crippen molar-refractivity contribution in [3.63, 3.8) is 0 Å². The van der Waals surface area contributed by atoms with E-state index < -0.39 is 36.6 Å². The molecule has 5 heteroatoms. The van der Waals surface area contributed by atoms with E-state index in [1.54, 1.807) is 6.07 Å². The smallest absolute Gasteiger partial charge is 0.249 e. The van der Waals surface area contributed by atoms with Gasteiger partial charge in [-0.1, -0.05) is 0 Å². The van der Waals surface area contributed by atoms with Gasteiger partial charge in [0.05, 0.1) is 6.07 Å². The molecule has 0 saturated heterocycles. The van der Waals surface area contributed by atoms with Crippen LogP contribution in [0.4, 0.5) is 8.78 Å². The van der Waals surface area contributed by atoms with Crippen LogP contribution in [0.3, 0.4) is 0 Å². The summed E-state index contributed by atoms with van der Waals surface area (Å²) in [5, 5.41) is 10.7. The number of carbonyl (C=O) groups excluding carboxylic acids is 1.